The molecule has 0 saturated heterocycles. The third kappa shape index (κ3) is 1.83. The molecule has 1 atom stereocenters. The van der Waals surface area contributed by atoms with Crippen LogP contribution in [0.1, 0.15) is 11.9 Å². The molecule has 1 heterocycles. The average Bonchev–Trinajstić information content (AvgIpc) is 2.51. The summed E-state index contributed by atoms with van der Waals surface area (Å²) in [7, 11) is 0. The van der Waals surface area contributed by atoms with Crippen molar-refractivity contribution in [2.24, 2.45) is 0 Å². The summed E-state index contributed by atoms with van der Waals surface area (Å²) in [6.45, 7) is 0. The Morgan fingerprint density at radius 1 is 1.75 bits per heavy atom. The van der Waals surface area contributed by atoms with Crippen LogP contribution in [0.15, 0.2) is 16.5 Å². The van der Waals surface area contributed by atoms with Gasteiger partial charge in [0, 0.05) is 5.33 Å². The van der Waals surface area contributed by atoms with Crippen LogP contribution in [0.25, 0.3) is 0 Å². The van der Waals surface area contributed by atoms with Crippen LogP contribution in [-0.4, -0.2) is 15.4 Å². The first-order valence-electron chi connectivity index (χ1n) is 3.13. The molecule has 1 rings (SSSR count). The van der Waals surface area contributed by atoms with Gasteiger partial charge in [0.1, 0.15) is 16.8 Å². The lowest BCUT2D eigenvalue weighted by Crippen LogP contribution is -1.95. The zero-order valence-corrected chi connectivity index (χ0v) is 7.52. The highest BCUT2D eigenvalue weighted by Crippen LogP contribution is 2.22. The molecule has 1 aromatic heterocycles. The van der Waals surface area contributed by atoms with Crippen molar-refractivity contribution < 1.29 is 14.4 Å². The lowest BCUT2D eigenvalue weighted by Gasteiger charge is -1.99. The first-order valence-corrected chi connectivity index (χ1v) is 4.25. The summed E-state index contributed by atoms with van der Waals surface area (Å²) >= 11 is 3.02. The smallest absolute Gasteiger partial charge is 0.403 e. The van der Waals surface area contributed by atoms with E-state index in [0.717, 1.165) is 0 Å². The number of hydrogen-bond acceptors (Lipinski definition) is 4. The molecule has 5 nitrogen and oxygen atoms in total. The highest BCUT2D eigenvalue weighted by molar-refractivity contribution is 9.09. The summed E-state index contributed by atoms with van der Waals surface area (Å²) in [5, 5.41) is 19.6. The van der Waals surface area contributed by atoms with Crippen molar-refractivity contribution in [3.8, 4) is 0 Å². The Balaban J connectivity index is 2.84. The predicted octanol–water partition coefficient (Wildman–Crippen LogP) is 1.62. The highest BCUT2D eigenvalue weighted by Gasteiger charge is 2.16. The molecule has 1 N–H and O–H groups in total. The van der Waals surface area contributed by atoms with Crippen LogP contribution in [0.3, 0.4) is 0 Å². The van der Waals surface area contributed by atoms with Gasteiger partial charge >= 0.3 is 5.88 Å². The fourth-order valence-corrected chi connectivity index (χ4v) is 1.01. The van der Waals surface area contributed by atoms with Gasteiger partial charge in [-0.15, -0.1) is 0 Å². The second kappa shape index (κ2) is 3.68. The number of halogens is 1. The molecular weight excluding hydrogens is 230 g/mol. The van der Waals surface area contributed by atoms with Crippen molar-refractivity contribution in [3.05, 3.63) is 28.0 Å². The minimum Gasteiger partial charge on any atom is -0.403 e. The molecule has 66 valence electrons. The molecule has 0 bridgehead atoms. The van der Waals surface area contributed by atoms with E-state index < -0.39 is 11.0 Å². The fourth-order valence-electron chi connectivity index (χ4n) is 0.695. The van der Waals surface area contributed by atoms with Crippen LogP contribution in [0.2, 0.25) is 0 Å². The van der Waals surface area contributed by atoms with E-state index in [1.54, 1.807) is 0 Å². The number of alkyl halides is 1. The fraction of sp³-hybridized carbons (Fsp3) is 0.333. The Kier molecular flexibility index (Phi) is 2.83. The standard InChI is InChI=1S/C6H6BrNO4/c7-3-4(9)5-1-2-6(12-5)8(10)11/h1-2,4,9H,3H2. The summed E-state index contributed by atoms with van der Waals surface area (Å²) in [5.74, 6) is -0.163. The number of nitro groups is 1. The normalized spacial score (nSPS) is 12.8. The largest absolute Gasteiger partial charge is 0.433 e. The quantitative estimate of drug-likeness (QED) is 0.491. The van der Waals surface area contributed by atoms with Crippen LogP contribution in [0, 0.1) is 10.1 Å². The number of nitrogens with zero attached hydrogens (tertiary/aromatic N) is 1. The Bertz CT molecular complexity index is 285. The third-order valence-corrected chi connectivity index (χ3v) is 1.88. The van der Waals surface area contributed by atoms with Gasteiger partial charge in [0.05, 0.1) is 6.07 Å². The Morgan fingerprint density at radius 3 is 2.83 bits per heavy atom. The van der Waals surface area contributed by atoms with E-state index in [1.807, 2.05) is 0 Å². The molecule has 12 heavy (non-hydrogen) atoms. The molecule has 0 aliphatic carbocycles. The number of furan rings is 1. The van der Waals surface area contributed by atoms with E-state index in [4.69, 9.17) is 9.52 Å². The Labute approximate surface area is 76.3 Å². The maximum atomic E-state index is 10.1. The topological polar surface area (TPSA) is 76.5 Å². The first kappa shape index (κ1) is 9.21. The molecule has 0 aliphatic rings. The molecule has 1 unspecified atom stereocenters. The number of aliphatic hydroxyl groups is 1. The third-order valence-electron chi connectivity index (χ3n) is 1.27. The van der Waals surface area contributed by atoms with Crippen molar-refractivity contribution in [3.63, 3.8) is 0 Å². The summed E-state index contributed by atoms with van der Waals surface area (Å²) < 4.78 is 4.72. The molecule has 0 aliphatic heterocycles. The van der Waals surface area contributed by atoms with E-state index >= 15 is 0 Å². The molecule has 0 aromatic carbocycles. The second-order valence-electron chi connectivity index (χ2n) is 2.10. The zero-order valence-electron chi connectivity index (χ0n) is 5.94. The minimum absolute atomic E-state index is 0.193. The first-order chi connectivity index (χ1) is 5.65. The molecule has 0 amide bonds. The molecule has 0 spiro atoms. The highest BCUT2D eigenvalue weighted by atomic mass is 79.9. The lowest BCUT2D eigenvalue weighted by molar-refractivity contribution is -0.402. The van der Waals surface area contributed by atoms with Crippen molar-refractivity contribution >= 4 is 21.8 Å². The van der Waals surface area contributed by atoms with E-state index in [9.17, 15) is 10.1 Å². The van der Waals surface area contributed by atoms with Crippen molar-refractivity contribution in [1.29, 1.82) is 0 Å². The molecule has 1 aromatic rings. The molecule has 0 radical (unpaired) electrons. The van der Waals surface area contributed by atoms with Gasteiger partial charge in [-0.1, -0.05) is 15.9 Å². The van der Waals surface area contributed by atoms with E-state index in [-0.39, 0.29) is 17.0 Å². The maximum absolute atomic E-state index is 10.1. The Morgan fingerprint density at radius 2 is 2.42 bits per heavy atom. The van der Waals surface area contributed by atoms with Gasteiger partial charge < -0.3 is 9.52 Å². The molecular formula is C6H6BrNO4. The number of rotatable bonds is 3. The van der Waals surface area contributed by atoms with Gasteiger partial charge in [0.2, 0.25) is 0 Å². The summed E-state index contributed by atoms with van der Waals surface area (Å²) in [4.78, 5) is 9.50. The summed E-state index contributed by atoms with van der Waals surface area (Å²) in [6.07, 6.45) is -0.835. The SMILES string of the molecule is O=[N+]([O-])c1ccc(C(O)CBr)o1. The van der Waals surface area contributed by atoms with Crippen molar-refractivity contribution in [2.45, 2.75) is 6.10 Å². The van der Waals surface area contributed by atoms with Crippen LogP contribution < -0.4 is 0 Å². The van der Waals surface area contributed by atoms with E-state index in [0.29, 0.717) is 0 Å². The predicted molar refractivity (Wildman–Crippen MR) is 44.1 cm³/mol. The number of aliphatic hydroxyl groups excluding tert-OH is 1. The Hall–Kier alpha value is -0.880. The minimum atomic E-state index is -0.835. The van der Waals surface area contributed by atoms with E-state index in [2.05, 4.69) is 15.9 Å². The van der Waals surface area contributed by atoms with Gasteiger partial charge in [-0.2, -0.15) is 0 Å². The monoisotopic (exact) mass is 235 g/mol. The number of hydrogen-bond donors (Lipinski definition) is 1. The molecule has 0 fully saturated rings. The van der Waals surface area contributed by atoms with Crippen LogP contribution in [-0.2, 0) is 0 Å². The van der Waals surface area contributed by atoms with Crippen molar-refractivity contribution in [2.75, 3.05) is 5.33 Å². The zero-order chi connectivity index (χ0) is 9.14. The second-order valence-corrected chi connectivity index (χ2v) is 2.75. The summed E-state index contributed by atoms with van der Waals surface area (Å²) in [6, 6.07) is 2.59. The van der Waals surface area contributed by atoms with Crippen molar-refractivity contribution in [1.82, 2.24) is 0 Å². The lowest BCUT2D eigenvalue weighted by atomic mass is 10.3. The van der Waals surface area contributed by atoms with E-state index in [1.165, 1.54) is 12.1 Å². The van der Waals surface area contributed by atoms with Crippen LogP contribution in [0.5, 0.6) is 0 Å². The van der Waals surface area contributed by atoms with Crippen LogP contribution >= 0.6 is 15.9 Å². The maximum Gasteiger partial charge on any atom is 0.433 e. The van der Waals surface area contributed by atoms with Gasteiger partial charge in [-0.05, 0) is 6.07 Å². The van der Waals surface area contributed by atoms with Gasteiger partial charge in [-0.3, -0.25) is 10.1 Å². The van der Waals surface area contributed by atoms with Gasteiger partial charge in [-0.25, -0.2) is 0 Å². The van der Waals surface area contributed by atoms with Crippen LogP contribution in [0.4, 0.5) is 5.88 Å². The summed E-state index contributed by atoms with van der Waals surface area (Å²) in [5.41, 5.74) is 0. The van der Waals surface area contributed by atoms with Gasteiger partial charge in [0.25, 0.3) is 0 Å². The molecule has 0 saturated carbocycles. The molecule has 6 heteroatoms. The van der Waals surface area contributed by atoms with Gasteiger partial charge in [0.15, 0.2) is 0 Å². The average molecular weight is 236 g/mol.